The molecule has 0 saturated carbocycles. The van der Waals surface area contributed by atoms with Crippen LogP contribution in [-0.4, -0.2) is 37.2 Å². The molecule has 0 radical (unpaired) electrons. The molecule has 2 N–H and O–H groups in total. The number of ether oxygens (including phenoxy) is 1. The third-order valence-electron chi connectivity index (χ3n) is 2.49. The van der Waals surface area contributed by atoms with E-state index in [2.05, 4.69) is 4.98 Å². The molecular formula is C10H13N3O2. The number of pyridine rings is 1. The number of aromatic nitrogens is 1. The minimum Gasteiger partial charge on any atom is -0.378 e. The van der Waals surface area contributed by atoms with E-state index in [1.807, 2.05) is 11.0 Å². The van der Waals surface area contributed by atoms with E-state index < -0.39 is 5.91 Å². The van der Waals surface area contributed by atoms with Crippen LogP contribution in [-0.2, 0) is 4.74 Å². The lowest BCUT2D eigenvalue weighted by atomic mass is 10.1. The van der Waals surface area contributed by atoms with Crippen LogP contribution < -0.4 is 10.6 Å². The number of methoxy groups -OCH3 is 1. The van der Waals surface area contributed by atoms with Gasteiger partial charge in [-0.3, -0.25) is 4.79 Å². The SMILES string of the molecule is COC1CN(c2cccc(C(N)=O)n2)C1. The Morgan fingerprint density at radius 2 is 2.33 bits per heavy atom. The Bertz CT molecular complexity index is 375. The number of rotatable bonds is 3. The fourth-order valence-corrected chi connectivity index (χ4v) is 1.51. The zero-order valence-corrected chi connectivity index (χ0v) is 8.51. The fourth-order valence-electron chi connectivity index (χ4n) is 1.51. The van der Waals surface area contributed by atoms with Crippen molar-refractivity contribution in [3.05, 3.63) is 23.9 Å². The smallest absolute Gasteiger partial charge is 0.267 e. The van der Waals surface area contributed by atoms with Crippen molar-refractivity contribution in [1.82, 2.24) is 4.98 Å². The van der Waals surface area contributed by atoms with Gasteiger partial charge in [-0.05, 0) is 12.1 Å². The minimum absolute atomic E-state index is 0.268. The van der Waals surface area contributed by atoms with Gasteiger partial charge in [0.15, 0.2) is 0 Å². The topological polar surface area (TPSA) is 68.5 Å². The molecule has 0 aromatic carbocycles. The van der Waals surface area contributed by atoms with Gasteiger partial charge < -0.3 is 15.4 Å². The fraction of sp³-hybridized carbons (Fsp3) is 0.400. The summed E-state index contributed by atoms with van der Waals surface area (Å²) < 4.78 is 5.15. The molecule has 5 heteroatoms. The number of hydrogen-bond acceptors (Lipinski definition) is 4. The van der Waals surface area contributed by atoms with E-state index in [4.69, 9.17) is 10.5 Å². The van der Waals surface area contributed by atoms with Gasteiger partial charge in [0.2, 0.25) is 0 Å². The number of carbonyl (C=O) groups excluding carboxylic acids is 1. The van der Waals surface area contributed by atoms with Crippen molar-refractivity contribution in [3.8, 4) is 0 Å². The predicted molar refractivity (Wildman–Crippen MR) is 55.8 cm³/mol. The summed E-state index contributed by atoms with van der Waals surface area (Å²) in [6.07, 6.45) is 0.268. The zero-order chi connectivity index (χ0) is 10.8. The predicted octanol–water partition coefficient (Wildman–Crippen LogP) is 0.0155. The first-order chi connectivity index (χ1) is 7.20. The number of nitrogens with two attached hydrogens (primary N) is 1. The largest absolute Gasteiger partial charge is 0.378 e. The second-order valence-electron chi connectivity index (χ2n) is 3.51. The highest BCUT2D eigenvalue weighted by Gasteiger charge is 2.27. The van der Waals surface area contributed by atoms with Crippen molar-refractivity contribution >= 4 is 11.7 Å². The van der Waals surface area contributed by atoms with Gasteiger partial charge in [-0.2, -0.15) is 0 Å². The first kappa shape index (κ1) is 9.92. The molecule has 1 aliphatic rings. The summed E-state index contributed by atoms with van der Waals surface area (Å²) in [5, 5.41) is 0. The van der Waals surface area contributed by atoms with E-state index in [0.717, 1.165) is 18.9 Å². The lowest BCUT2D eigenvalue weighted by Gasteiger charge is -2.39. The molecule has 5 nitrogen and oxygen atoms in total. The number of primary amides is 1. The first-order valence-corrected chi connectivity index (χ1v) is 4.75. The average Bonchev–Trinajstić information content (AvgIpc) is 2.16. The standard InChI is InChI=1S/C10H13N3O2/c1-15-7-5-13(6-7)9-4-2-3-8(12-9)10(11)14/h2-4,7H,5-6H2,1H3,(H2,11,14). The highest BCUT2D eigenvalue weighted by molar-refractivity contribution is 5.91. The van der Waals surface area contributed by atoms with Gasteiger partial charge in [-0.1, -0.05) is 6.07 Å². The Hall–Kier alpha value is -1.62. The first-order valence-electron chi connectivity index (χ1n) is 4.75. The van der Waals surface area contributed by atoms with Crippen LogP contribution >= 0.6 is 0 Å². The Kier molecular flexibility index (Phi) is 2.55. The summed E-state index contributed by atoms with van der Waals surface area (Å²) in [5.41, 5.74) is 5.45. The Labute approximate surface area is 87.8 Å². The molecule has 15 heavy (non-hydrogen) atoms. The van der Waals surface area contributed by atoms with Crippen LogP contribution in [0.2, 0.25) is 0 Å². The van der Waals surface area contributed by atoms with Crippen LogP contribution in [0.1, 0.15) is 10.5 Å². The maximum Gasteiger partial charge on any atom is 0.267 e. The van der Waals surface area contributed by atoms with Crippen molar-refractivity contribution in [1.29, 1.82) is 0 Å². The Morgan fingerprint density at radius 1 is 1.60 bits per heavy atom. The summed E-state index contributed by atoms with van der Waals surface area (Å²) >= 11 is 0. The summed E-state index contributed by atoms with van der Waals surface area (Å²) in [6.45, 7) is 1.62. The lowest BCUT2D eigenvalue weighted by molar-refractivity contribution is 0.0783. The number of nitrogens with zero attached hydrogens (tertiary/aromatic N) is 2. The van der Waals surface area contributed by atoms with Gasteiger partial charge in [-0.15, -0.1) is 0 Å². The van der Waals surface area contributed by atoms with Crippen molar-refractivity contribution in [2.45, 2.75) is 6.10 Å². The van der Waals surface area contributed by atoms with Crippen molar-refractivity contribution in [3.63, 3.8) is 0 Å². The van der Waals surface area contributed by atoms with Crippen LogP contribution in [0.15, 0.2) is 18.2 Å². The molecule has 80 valence electrons. The molecule has 0 bridgehead atoms. The molecule has 1 aliphatic heterocycles. The van der Waals surface area contributed by atoms with Crippen LogP contribution in [0.25, 0.3) is 0 Å². The normalized spacial score (nSPS) is 16.2. The highest BCUT2D eigenvalue weighted by Crippen LogP contribution is 2.19. The Balaban J connectivity index is 2.10. The summed E-state index contributed by atoms with van der Waals surface area (Å²) in [4.78, 5) is 17.1. The molecule has 0 aliphatic carbocycles. The molecule has 1 amide bonds. The average molecular weight is 207 g/mol. The van der Waals surface area contributed by atoms with Crippen LogP contribution in [0, 0.1) is 0 Å². The number of hydrogen-bond donors (Lipinski definition) is 1. The third-order valence-corrected chi connectivity index (χ3v) is 2.49. The van der Waals surface area contributed by atoms with E-state index in [1.165, 1.54) is 0 Å². The molecule has 1 fully saturated rings. The molecule has 2 rings (SSSR count). The van der Waals surface area contributed by atoms with Gasteiger partial charge in [0.05, 0.1) is 6.10 Å². The highest BCUT2D eigenvalue weighted by atomic mass is 16.5. The van der Waals surface area contributed by atoms with E-state index in [-0.39, 0.29) is 6.10 Å². The number of amides is 1. The molecule has 1 saturated heterocycles. The quantitative estimate of drug-likeness (QED) is 0.758. The van der Waals surface area contributed by atoms with E-state index in [0.29, 0.717) is 5.69 Å². The third kappa shape index (κ3) is 1.92. The van der Waals surface area contributed by atoms with Gasteiger partial charge >= 0.3 is 0 Å². The summed E-state index contributed by atoms with van der Waals surface area (Å²) in [6, 6.07) is 5.25. The second kappa shape index (κ2) is 3.86. The molecule has 1 aromatic rings. The van der Waals surface area contributed by atoms with Gasteiger partial charge in [0.25, 0.3) is 5.91 Å². The summed E-state index contributed by atoms with van der Waals surface area (Å²) in [7, 11) is 1.69. The molecule has 0 unspecified atom stereocenters. The summed E-state index contributed by atoms with van der Waals surface area (Å²) in [5.74, 6) is 0.278. The van der Waals surface area contributed by atoms with Crippen molar-refractivity contribution in [2.75, 3.05) is 25.1 Å². The lowest BCUT2D eigenvalue weighted by Crippen LogP contribution is -2.52. The number of carbonyl (C=O) groups is 1. The van der Waals surface area contributed by atoms with Crippen LogP contribution in [0.5, 0.6) is 0 Å². The zero-order valence-electron chi connectivity index (χ0n) is 8.51. The maximum atomic E-state index is 10.9. The van der Waals surface area contributed by atoms with Crippen molar-refractivity contribution < 1.29 is 9.53 Å². The molecular weight excluding hydrogens is 194 g/mol. The van der Waals surface area contributed by atoms with Crippen LogP contribution in [0.4, 0.5) is 5.82 Å². The molecule has 0 spiro atoms. The van der Waals surface area contributed by atoms with Gasteiger partial charge in [0, 0.05) is 20.2 Å². The van der Waals surface area contributed by atoms with Crippen molar-refractivity contribution in [2.24, 2.45) is 5.73 Å². The minimum atomic E-state index is -0.499. The van der Waals surface area contributed by atoms with E-state index in [1.54, 1.807) is 19.2 Å². The Morgan fingerprint density at radius 3 is 2.93 bits per heavy atom. The van der Waals surface area contributed by atoms with E-state index >= 15 is 0 Å². The van der Waals surface area contributed by atoms with Crippen LogP contribution in [0.3, 0.4) is 0 Å². The second-order valence-corrected chi connectivity index (χ2v) is 3.51. The van der Waals surface area contributed by atoms with Gasteiger partial charge in [0.1, 0.15) is 11.5 Å². The maximum absolute atomic E-state index is 10.9. The van der Waals surface area contributed by atoms with Gasteiger partial charge in [-0.25, -0.2) is 4.98 Å². The molecule has 0 atom stereocenters. The number of anilines is 1. The monoisotopic (exact) mass is 207 g/mol. The molecule has 2 heterocycles. The van der Waals surface area contributed by atoms with E-state index in [9.17, 15) is 4.79 Å². The molecule has 1 aromatic heterocycles.